The first kappa shape index (κ1) is 22.2. The first-order valence-corrected chi connectivity index (χ1v) is 12.0. The Hall–Kier alpha value is -3.01. The Bertz CT molecular complexity index is 1190. The van der Waals surface area contributed by atoms with Crippen molar-refractivity contribution < 1.29 is 17.9 Å². The topological polar surface area (TPSA) is 93.5 Å². The van der Waals surface area contributed by atoms with E-state index in [0.29, 0.717) is 50.5 Å². The Morgan fingerprint density at radius 2 is 1.88 bits per heavy atom. The van der Waals surface area contributed by atoms with Gasteiger partial charge in [-0.25, -0.2) is 8.42 Å². The number of nitrogens with zero attached hydrogens (tertiary/aromatic N) is 3. The average molecular weight is 455 g/mol. The molecule has 0 radical (unpaired) electrons. The van der Waals surface area contributed by atoms with Crippen molar-refractivity contribution in [3.63, 3.8) is 0 Å². The molecular weight excluding hydrogens is 428 g/mol. The zero-order chi connectivity index (χ0) is 22.6. The standard InChI is InChI=1S/C23H26N4O4S/c1-2-19-8-9-20(14-22(19)32(29,30)27-10-12-31-13-11-27)23(28)25-21-15-24-26(17-21)16-18-6-4-3-5-7-18/h3-9,14-15,17H,2,10-13,16H2,1H3,(H,25,28). The predicted octanol–water partition coefficient (Wildman–Crippen LogP) is 2.77. The molecule has 1 N–H and O–H groups in total. The summed E-state index contributed by atoms with van der Waals surface area (Å²) in [5.41, 5.74) is 2.61. The molecule has 1 aromatic heterocycles. The van der Waals surface area contributed by atoms with Gasteiger partial charge in [0.05, 0.1) is 36.5 Å². The van der Waals surface area contributed by atoms with Crippen LogP contribution in [-0.2, 0) is 27.7 Å². The van der Waals surface area contributed by atoms with Crippen molar-refractivity contribution in [3.8, 4) is 0 Å². The second kappa shape index (κ2) is 9.64. The SMILES string of the molecule is CCc1ccc(C(=O)Nc2cnn(Cc3ccccc3)c2)cc1S(=O)(=O)N1CCOCC1. The zero-order valence-electron chi connectivity index (χ0n) is 17.9. The van der Waals surface area contributed by atoms with Gasteiger partial charge in [-0.1, -0.05) is 43.3 Å². The number of benzene rings is 2. The van der Waals surface area contributed by atoms with Crippen LogP contribution in [-0.4, -0.2) is 54.7 Å². The second-order valence-electron chi connectivity index (χ2n) is 7.56. The van der Waals surface area contributed by atoms with Crippen LogP contribution in [0.1, 0.15) is 28.4 Å². The molecule has 4 rings (SSSR count). The van der Waals surface area contributed by atoms with Crippen molar-refractivity contribution >= 4 is 21.6 Å². The number of aromatic nitrogens is 2. The Balaban J connectivity index is 1.52. The predicted molar refractivity (Wildman–Crippen MR) is 121 cm³/mol. The molecule has 1 aliphatic heterocycles. The van der Waals surface area contributed by atoms with Crippen LogP contribution in [0.4, 0.5) is 5.69 Å². The van der Waals surface area contributed by atoms with E-state index < -0.39 is 10.0 Å². The number of carbonyl (C=O) groups is 1. The quantitative estimate of drug-likeness (QED) is 0.593. The molecule has 168 valence electrons. The van der Waals surface area contributed by atoms with Crippen LogP contribution in [0.15, 0.2) is 65.8 Å². The molecule has 32 heavy (non-hydrogen) atoms. The van der Waals surface area contributed by atoms with Gasteiger partial charge < -0.3 is 10.1 Å². The molecule has 1 fully saturated rings. The van der Waals surface area contributed by atoms with Gasteiger partial charge >= 0.3 is 0 Å². The maximum Gasteiger partial charge on any atom is 0.255 e. The average Bonchev–Trinajstić information content (AvgIpc) is 3.26. The number of anilines is 1. The van der Waals surface area contributed by atoms with Gasteiger partial charge in [0.25, 0.3) is 5.91 Å². The molecule has 0 saturated carbocycles. The van der Waals surface area contributed by atoms with Crippen LogP contribution in [0.25, 0.3) is 0 Å². The number of ether oxygens (including phenoxy) is 1. The van der Waals surface area contributed by atoms with Gasteiger partial charge in [0, 0.05) is 24.8 Å². The van der Waals surface area contributed by atoms with Crippen molar-refractivity contribution in [1.29, 1.82) is 0 Å². The molecule has 9 heteroatoms. The van der Waals surface area contributed by atoms with Gasteiger partial charge in [0.15, 0.2) is 0 Å². The fourth-order valence-corrected chi connectivity index (χ4v) is 5.37. The minimum atomic E-state index is -3.71. The summed E-state index contributed by atoms with van der Waals surface area (Å²) in [4.78, 5) is 13.0. The summed E-state index contributed by atoms with van der Waals surface area (Å²) < 4.78 is 34.8. The number of morpholine rings is 1. The molecule has 1 saturated heterocycles. The molecule has 0 spiro atoms. The molecule has 1 aliphatic rings. The maximum atomic E-state index is 13.2. The third-order valence-electron chi connectivity index (χ3n) is 5.38. The van der Waals surface area contributed by atoms with Crippen molar-refractivity contribution in [3.05, 3.63) is 77.6 Å². The highest BCUT2D eigenvalue weighted by molar-refractivity contribution is 7.89. The summed E-state index contributed by atoms with van der Waals surface area (Å²) in [6.45, 7) is 3.84. The monoisotopic (exact) mass is 454 g/mol. The Morgan fingerprint density at radius 1 is 1.12 bits per heavy atom. The lowest BCUT2D eigenvalue weighted by Gasteiger charge is -2.27. The third kappa shape index (κ3) is 4.90. The lowest BCUT2D eigenvalue weighted by molar-refractivity contribution is 0.0730. The summed E-state index contributed by atoms with van der Waals surface area (Å²) in [5.74, 6) is -0.384. The van der Waals surface area contributed by atoms with Crippen LogP contribution in [0, 0.1) is 0 Å². The van der Waals surface area contributed by atoms with E-state index in [1.165, 1.54) is 10.4 Å². The van der Waals surface area contributed by atoms with Gasteiger partial charge in [0.2, 0.25) is 10.0 Å². The summed E-state index contributed by atoms with van der Waals surface area (Å²) in [5, 5.41) is 7.10. The highest BCUT2D eigenvalue weighted by atomic mass is 32.2. The number of amides is 1. The molecule has 8 nitrogen and oxygen atoms in total. The minimum Gasteiger partial charge on any atom is -0.379 e. The van der Waals surface area contributed by atoms with Crippen LogP contribution in [0.3, 0.4) is 0 Å². The van der Waals surface area contributed by atoms with Gasteiger partial charge in [-0.2, -0.15) is 9.40 Å². The largest absolute Gasteiger partial charge is 0.379 e. The first-order chi connectivity index (χ1) is 15.5. The number of carbonyl (C=O) groups excluding carboxylic acids is 1. The van der Waals surface area contributed by atoms with E-state index in [9.17, 15) is 13.2 Å². The molecule has 0 aliphatic carbocycles. The highest BCUT2D eigenvalue weighted by Crippen LogP contribution is 2.24. The molecule has 3 aromatic rings. The summed E-state index contributed by atoms with van der Waals surface area (Å²) >= 11 is 0. The number of hydrogen-bond acceptors (Lipinski definition) is 5. The van der Waals surface area contributed by atoms with E-state index >= 15 is 0 Å². The van der Waals surface area contributed by atoms with Gasteiger partial charge in [-0.05, 0) is 29.7 Å². The zero-order valence-corrected chi connectivity index (χ0v) is 18.7. The molecule has 0 atom stereocenters. The van der Waals surface area contributed by atoms with Gasteiger partial charge in [-0.15, -0.1) is 0 Å². The number of sulfonamides is 1. The van der Waals surface area contributed by atoms with Crippen molar-refractivity contribution in [2.24, 2.45) is 0 Å². The van der Waals surface area contributed by atoms with Crippen LogP contribution >= 0.6 is 0 Å². The molecule has 1 amide bonds. The number of hydrogen-bond donors (Lipinski definition) is 1. The third-order valence-corrected chi connectivity index (χ3v) is 7.36. The fourth-order valence-electron chi connectivity index (χ4n) is 3.64. The number of aryl methyl sites for hydroxylation is 1. The minimum absolute atomic E-state index is 0.175. The Kier molecular flexibility index (Phi) is 6.69. The first-order valence-electron chi connectivity index (χ1n) is 10.6. The summed E-state index contributed by atoms with van der Waals surface area (Å²) in [6.07, 6.45) is 3.87. The van der Waals surface area contributed by atoms with Crippen LogP contribution in [0.5, 0.6) is 0 Å². The van der Waals surface area contributed by atoms with Crippen molar-refractivity contribution in [2.45, 2.75) is 24.8 Å². The normalized spacial score (nSPS) is 14.9. The Morgan fingerprint density at radius 3 is 2.59 bits per heavy atom. The van der Waals surface area contributed by atoms with Crippen LogP contribution < -0.4 is 5.32 Å². The van der Waals surface area contributed by atoms with E-state index in [0.717, 1.165) is 5.56 Å². The van der Waals surface area contributed by atoms with Crippen molar-refractivity contribution in [2.75, 3.05) is 31.6 Å². The molecule has 0 unspecified atom stereocenters. The molecule has 2 heterocycles. The lowest BCUT2D eigenvalue weighted by Crippen LogP contribution is -2.41. The van der Waals surface area contributed by atoms with Crippen molar-refractivity contribution in [1.82, 2.24) is 14.1 Å². The van der Waals surface area contributed by atoms with E-state index in [1.54, 1.807) is 29.2 Å². The van der Waals surface area contributed by atoms with Gasteiger partial charge in [-0.3, -0.25) is 9.48 Å². The maximum absolute atomic E-state index is 13.2. The summed E-state index contributed by atoms with van der Waals surface area (Å²) in [6, 6.07) is 14.7. The van der Waals surface area contributed by atoms with E-state index in [-0.39, 0.29) is 16.4 Å². The summed E-state index contributed by atoms with van der Waals surface area (Å²) in [7, 11) is -3.71. The van der Waals surface area contributed by atoms with E-state index in [1.807, 2.05) is 37.3 Å². The van der Waals surface area contributed by atoms with E-state index in [4.69, 9.17) is 4.74 Å². The second-order valence-corrected chi connectivity index (χ2v) is 9.47. The van der Waals surface area contributed by atoms with Gasteiger partial charge in [0.1, 0.15) is 0 Å². The lowest BCUT2D eigenvalue weighted by atomic mass is 10.1. The smallest absolute Gasteiger partial charge is 0.255 e. The van der Waals surface area contributed by atoms with E-state index in [2.05, 4.69) is 10.4 Å². The number of nitrogens with one attached hydrogen (secondary N) is 1. The Labute approximate surface area is 187 Å². The molecule has 2 aromatic carbocycles. The number of rotatable bonds is 7. The van der Waals surface area contributed by atoms with Crippen LogP contribution in [0.2, 0.25) is 0 Å². The highest BCUT2D eigenvalue weighted by Gasteiger charge is 2.29. The molecule has 0 bridgehead atoms. The molecular formula is C23H26N4O4S. The fraction of sp³-hybridized carbons (Fsp3) is 0.304.